The average molecular weight is 200 g/mol. The quantitative estimate of drug-likeness (QED) is 0.673. The van der Waals surface area contributed by atoms with E-state index in [-0.39, 0.29) is 0 Å². The molecule has 12 heavy (non-hydrogen) atoms. The maximum atomic E-state index is 8.46. The number of nitrogens with zero attached hydrogens (tertiary/aromatic N) is 1. The molecule has 0 fully saturated rings. The van der Waals surface area contributed by atoms with Gasteiger partial charge in [0.25, 0.3) is 0 Å². The Labute approximate surface area is 81.5 Å². The number of rotatable bonds is 2. The first-order valence-corrected chi connectivity index (χ1v) is 4.32. The molecule has 1 nitrogen and oxygen atoms in total. The summed E-state index contributed by atoms with van der Waals surface area (Å²) in [6.07, 6.45) is 0.498. The Morgan fingerprint density at radius 2 is 2.08 bits per heavy atom. The van der Waals surface area contributed by atoms with Crippen LogP contribution in [0.3, 0.4) is 0 Å². The van der Waals surface area contributed by atoms with Crippen molar-refractivity contribution in [2.24, 2.45) is 0 Å². The lowest BCUT2D eigenvalue weighted by molar-refractivity contribution is 1.02. The van der Waals surface area contributed by atoms with Crippen molar-refractivity contribution in [3.05, 3.63) is 34.9 Å². The Hall–Kier alpha value is -0.710. The zero-order valence-corrected chi connectivity index (χ0v) is 7.81. The van der Waals surface area contributed by atoms with E-state index in [0.717, 1.165) is 5.56 Å². The molecule has 0 aliphatic rings. The lowest BCUT2D eigenvalue weighted by Gasteiger charge is -2.02. The predicted molar refractivity (Wildman–Crippen MR) is 50.4 cm³/mol. The second kappa shape index (κ2) is 4.35. The summed E-state index contributed by atoms with van der Waals surface area (Å²) in [7, 11) is 0. The predicted octanol–water partition coefficient (Wildman–Crippen LogP) is 3.01. The fraction of sp³-hybridized carbons (Fsp3) is 0.222. The highest BCUT2D eigenvalue weighted by molar-refractivity contribution is 6.31. The van der Waals surface area contributed by atoms with Crippen molar-refractivity contribution in [1.29, 1.82) is 5.26 Å². The minimum absolute atomic E-state index is 0.495. The molecule has 0 unspecified atom stereocenters. The number of halogens is 2. The summed E-state index contributed by atoms with van der Waals surface area (Å²) < 4.78 is 0. The van der Waals surface area contributed by atoms with Crippen molar-refractivity contribution < 1.29 is 0 Å². The molecular formula is C9H7Cl2N. The van der Waals surface area contributed by atoms with E-state index in [2.05, 4.69) is 0 Å². The van der Waals surface area contributed by atoms with Gasteiger partial charge < -0.3 is 0 Å². The van der Waals surface area contributed by atoms with Crippen LogP contribution in [0.25, 0.3) is 0 Å². The maximum Gasteiger partial charge on any atom is 0.124 e. The summed E-state index contributed by atoms with van der Waals surface area (Å²) in [5.74, 6) is 0. The van der Waals surface area contributed by atoms with E-state index in [9.17, 15) is 0 Å². The first-order valence-electron chi connectivity index (χ1n) is 3.51. The molecule has 0 aliphatic carbocycles. The van der Waals surface area contributed by atoms with Crippen LogP contribution in [0.1, 0.15) is 5.56 Å². The zero-order valence-electron chi connectivity index (χ0n) is 6.30. The molecule has 0 saturated heterocycles. The van der Waals surface area contributed by atoms with Crippen LogP contribution in [0.4, 0.5) is 0 Å². The van der Waals surface area contributed by atoms with E-state index in [4.69, 9.17) is 28.5 Å². The minimum atomic E-state index is -0.495. The molecule has 1 aromatic carbocycles. The number of hydrogen-bond acceptors (Lipinski definition) is 1. The largest absolute Gasteiger partial charge is 0.197 e. The van der Waals surface area contributed by atoms with Crippen molar-refractivity contribution in [3.8, 4) is 6.07 Å². The zero-order chi connectivity index (χ0) is 8.97. The third-order valence-corrected chi connectivity index (χ3v) is 2.12. The van der Waals surface area contributed by atoms with Gasteiger partial charge in [0, 0.05) is 11.4 Å². The van der Waals surface area contributed by atoms with E-state index in [0.29, 0.717) is 11.4 Å². The molecule has 0 amide bonds. The van der Waals surface area contributed by atoms with Crippen molar-refractivity contribution in [2.75, 3.05) is 0 Å². The van der Waals surface area contributed by atoms with Crippen LogP contribution in [0, 0.1) is 11.3 Å². The first-order chi connectivity index (χ1) is 5.74. The number of nitriles is 1. The first kappa shape index (κ1) is 9.38. The molecule has 0 radical (unpaired) electrons. The molecule has 0 spiro atoms. The number of alkyl halides is 1. The van der Waals surface area contributed by atoms with Crippen molar-refractivity contribution in [2.45, 2.75) is 11.8 Å². The van der Waals surface area contributed by atoms with Crippen LogP contribution in [-0.4, -0.2) is 5.38 Å². The molecule has 3 heteroatoms. The van der Waals surface area contributed by atoms with Gasteiger partial charge in [-0.2, -0.15) is 5.26 Å². The third-order valence-electron chi connectivity index (χ3n) is 1.50. The van der Waals surface area contributed by atoms with Crippen molar-refractivity contribution in [1.82, 2.24) is 0 Å². The highest BCUT2D eigenvalue weighted by Crippen LogP contribution is 2.17. The summed E-state index contributed by atoms with van der Waals surface area (Å²) in [4.78, 5) is 0. The van der Waals surface area contributed by atoms with Gasteiger partial charge in [0.1, 0.15) is 5.38 Å². The monoisotopic (exact) mass is 199 g/mol. The second-order valence-electron chi connectivity index (χ2n) is 2.39. The van der Waals surface area contributed by atoms with E-state index in [1.165, 1.54) is 0 Å². The van der Waals surface area contributed by atoms with Crippen LogP contribution >= 0.6 is 23.2 Å². The minimum Gasteiger partial charge on any atom is -0.197 e. The Morgan fingerprint density at radius 1 is 1.42 bits per heavy atom. The molecule has 0 aliphatic heterocycles. The Bertz CT molecular complexity index is 304. The van der Waals surface area contributed by atoms with Gasteiger partial charge in [0.15, 0.2) is 0 Å². The van der Waals surface area contributed by atoms with Crippen molar-refractivity contribution in [3.63, 3.8) is 0 Å². The average Bonchev–Trinajstić information content (AvgIpc) is 2.09. The molecule has 1 rings (SSSR count). The van der Waals surface area contributed by atoms with Gasteiger partial charge in [-0.3, -0.25) is 0 Å². The lowest BCUT2D eigenvalue weighted by Crippen LogP contribution is -1.99. The smallest absolute Gasteiger partial charge is 0.124 e. The van der Waals surface area contributed by atoms with Crippen LogP contribution in [0.2, 0.25) is 5.02 Å². The summed E-state index contributed by atoms with van der Waals surface area (Å²) in [6.45, 7) is 0. The molecule has 0 N–H and O–H groups in total. The second-order valence-corrected chi connectivity index (χ2v) is 3.33. The molecule has 0 saturated carbocycles. The summed E-state index contributed by atoms with van der Waals surface area (Å²) >= 11 is 11.5. The third kappa shape index (κ3) is 2.41. The molecule has 1 aromatic rings. The highest BCUT2D eigenvalue weighted by Gasteiger charge is 2.05. The Balaban J connectivity index is 2.77. The molecule has 1 atom stereocenters. The fourth-order valence-corrected chi connectivity index (χ4v) is 1.28. The normalized spacial score (nSPS) is 12.1. The van der Waals surface area contributed by atoms with Gasteiger partial charge in [-0.05, 0) is 11.6 Å². The van der Waals surface area contributed by atoms with E-state index in [1.54, 1.807) is 6.07 Å². The van der Waals surface area contributed by atoms with E-state index in [1.807, 2.05) is 24.3 Å². The Kier molecular flexibility index (Phi) is 3.40. The summed E-state index contributed by atoms with van der Waals surface area (Å²) in [5.41, 5.74) is 0.917. The van der Waals surface area contributed by atoms with Gasteiger partial charge in [-0.1, -0.05) is 29.8 Å². The standard InChI is InChI=1S/C9H7Cl2N/c10-8(6-12)5-7-3-1-2-4-9(7)11/h1-4,8H,5H2/t8-/m1/s1. The van der Waals surface area contributed by atoms with Gasteiger partial charge >= 0.3 is 0 Å². The number of benzene rings is 1. The van der Waals surface area contributed by atoms with Gasteiger partial charge in [-0.25, -0.2) is 0 Å². The summed E-state index contributed by atoms with van der Waals surface area (Å²) in [5, 5.41) is 8.63. The topological polar surface area (TPSA) is 23.8 Å². The number of hydrogen-bond donors (Lipinski definition) is 0. The fourth-order valence-electron chi connectivity index (χ4n) is 0.903. The SMILES string of the molecule is N#C[C@H](Cl)Cc1ccccc1Cl. The van der Waals surface area contributed by atoms with Crippen LogP contribution in [0.15, 0.2) is 24.3 Å². The molecule has 0 aromatic heterocycles. The van der Waals surface area contributed by atoms with Crippen LogP contribution in [-0.2, 0) is 6.42 Å². The van der Waals surface area contributed by atoms with Gasteiger partial charge in [0.05, 0.1) is 6.07 Å². The molecular weight excluding hydrogens is 193 g/mol. The maximum absolute atomic E-state index is 8.46. The summed E-state index contributed by atoms with van der Waals surface area (Å²) in [6, 6.07) is 9.33. The molecule has 62 valence electrons. The lowest BCUT2D eigenvalue weighted by atomic mass is 10.1. The van der Waals surface area contributed by atoms with Crippen LogP contribution < -0.4 is 0 Å². The van der Waals surface area contributed by atoms with Crippen molar-refractivity contribution >= 4 is 23.2 Å². The van der Waals surface area contributed by atoms with Crippen LogP contribution in [0.5, 0.6) is 0 Å². The molecule has 0 heterocycles. The highest BCUT2D eigenvalue weighted by atomic mass is 35.5. The Morgan fingerprint density at radius 3 is 2.67 bits per heavy atom. The van der Waals surface area contributed by atoms with Gasteiger partial charge in [0.2, 0.25) is 0 Å². The molecule has 0 bridgehead atoms. The van der Waals surface area contributed by atoms with E-state index < -0.39 is 5.38 Å². The van der Waals surface area contributed by atoms with Gasteiger partial charge in [-0.15, -0.1) is 11.6 Å². The van der Waals surface area contributed by atoms with E-state index >= 15 is 0 Å².